The van der Waals surface area contributed by atoms with Crippen LogP contribution in [0.5, 0.6) is 5.75 Å². The zero-order valence-electron chi connectivity index (χ0n) is 13.8. The second-order valence-electron chi connectivity index (χ2n) is 6.12. The summed E-state index contributed by atoms with van der Waals surface area (Å²) in [6, 6.07) is 10.3. The van der Waals surface area contributed by atoms with Crippen LogP contribution in [-0.4, -0.2) is 31.7 Å². The lowest BCUT2D eigenvalue weighted by Crippen LogP contribution is -2.48. The van der Waals surface area contributed by atoms with Gasteiger partial charge < -0.3 is 15.4 Å². The van der Waals surface area contributed by atoms with Crippen LogP contribution in [0.2, 0.25) is 0 Å². The molecule has 1 aliphatic rings. The summed E-state index contributed by atoms with van der Waals surface area (Å²) in [6.45, 7) is 1.12. The summed E-state index contributed by atoms with van der Waals surface area (Å²) >= 11 is 1.39. The Morgan fingerprint density at radius 1 is 1.28 bits per heavy atom. The van der Waals surface area contributed by atoms with Crippen LogP contribution in [0.25, 0.3) is 10.4 Å². The number of rotatable bonds is 5. The van der Waals surface area contributed by atoms with Crippen molar-refractivity contribution in [3.8, 4) is 16.2 Å². The Bertz CT molecular complexity index is 718. The van der Waals surface area contributed by atoms with Gasteiger partial charge in [-0.25, -0.2) is 0 Å². The van der Waals surface area contributed by atoms with Gasteiger partial charge in [-0.05, 0) is 67.4 Å². The second kappa shape index (κ2) is 7.93. The summed E-state index contributed by atoms with van der Waals surface area (Å²) in [4.78, 5) is 14.0. The number of halogens is 2. The minimum Gasteiger partial charge on any atom is -0.435 e. The highest BCUT2D eigenvalue weighted by Gasteiger charge is 2.23. The van der Waals surface area contributed by atoms with Gasteiger partial charge in [-0.15, -0.1) is 11.3 Å². The highest BCUT2D eigenvalue weighted by molar-refractivity contribution is 7.17. The number of alkyl halides is 2. The number of thiophene rings is 1. The molecule has 0 bridgehead atoms. The molecule has 25 heavy (non-hydrogen) atoms. The average Bonchev–Trinajstić information content (AvgIpc) is 3.07. The third-order valence-electron chi connectivity index (χ3n) is 4.30. The Morgan fingerprint density at radius 3 is 2.72 bits per heavy atom. The maximum absolute atomic E-state index is 12.5. The number of carbonyl (C=O) groups excluding carboxylic acids is 1. The minimum atomic E-state index is -2.83. The molecule has 1 aromatic carbocycles. The molecule has 2 unspecified atom stereocenters. The molecule has 1 saturated heterocycles. The van der Waals surface area contributed by atoms with Gasteiger partial charge in [-0.1, -0.05) is 6.92 Å². The fourth-order valence-corrected chi connectivity index (χ4v) is 3.80. The zero-order chi connectivity index (χ0) is 17.8. The molecule has 1 fully saturated rings. The second-order valence-corrected chi connectivity index (χ2v) is 7.20. The predicted octanol–water partition coefficient (Wildman–Crippen LogP) is 3.74. The van der Waals surface area contributed by atoms with Crippen LogP contribution in [0.15, 0.2) is 36.4 Å². The van der Waals surface area contributed by atoms with Crippen molar-refractivity contribution in [2.45, 2.75) is 26.0 Å². The SMILES string of the molecule is CC1CNCCC1NC(=O)c1ccc(-c2ccc(OC(F)F)cc2)s1. The molecule has 2 N–H and O–H groups in total. The third kappa shape index (κ3) is 4.55. The van der Waals surface area contributed by atoms with Crippen molar-refractivity contribution in [2.24, 2.45) is 5.92 Å². The maximum Gasteiger partial charge on any atom is 0.387 e. The molecule has 1 aromatic heterocycles. The van der Waals surface area contributed by atoms with Crippen LogP contribution in [0.4, 0.5) is 8.78 Å². The normalized spacial score (nSPS) is 20.5. The first-order chi connectivity index (χ1) is 12.0. The molecule has 0 radical (unpaired) electrons. The van der Waals surface area contributed by atoms with Gasteiger partial charge >= 0.3 is 6.61 Å². The van der Waals surface area contributed by atoms with Gasteiger partial charge in [-0.3, -0.25) is 4.79 Å². The predicted molar refractivity (Wildman–Crippen MR) is 94.3 cm³/mol. The average molecular weight is 366 g/mol. The van der Waals surface area contributed by atoms with Crippen molar-refractivity contribution in [2.75, 3.05) is 13.1 Å². The number of hydrogen-bond donors (Lipinski definition) is 2. The molecule has 0 saturated carbocycles. The number of amides is 1. The number of ether oxygens (including phenoxy) is 1. The van der Waals surface area contributed by atoms with E-state index >= 15 is 0 Å². The van der Waals surface area contributed by atoms with Gasteiger partial charge in [0.15, 0.2) is 0 Å². The molecular weight excluding hydrogens is 346 g/mol. The van der Waals surface area contributed by atoms with Crippen molar-refractivity contribution in [3.63, 3.8) is 0 Å². The molecule has 134 valence electrons. The minimum absolute atomic E-state index is 0.0624. The van der Waals surface area contributed by atoms with Crippen molar-refractivity contribution < 1.29 is 18.3 Å². The molecule has 0 aliphatic carbocycles. The quantitative estimate of drug-likeness (QED) is 0.847. The Labute approximate surface area is 149 Å². The first-order valence-electron chi connectivity index (χ1n) is 8.19. The molecule has 1 aliphatic heterocycles. The zero-order valence-corrected chi connectivity index (χ0v) is 14.6. The van der Waals surface area contributed by atoms with E-state index in [0.29, 0.717) is 10.8 Å². The fourth-order valence-electron chi connectivity index (χ4n) is 2.88. The Kier molecular flexibility index (Phi) is 5.65. The van der Waals surface area contributed by atoms with Gasteiger partial charge in [0.25, 0.3) is 5.91 Å². The van der Waals surface area contributed by atoms with Gasteiger partial charge in [0.1, 0.15) is 5.75 Å². The monoisotopic (exact) mass is 366 g/mol. The van der Waals surface area contributed by atoms with E-state index in [1.807, 2.05) is 6.07 Å². The van der Waals surface area contributed by atoms with E-state index in [4.69, 9.17) is 0 Å². The topological polar surface area (TPSA) is 50.4 Å². The highest BCUT2D eigenvalue weighted by atomic mass is 32.1. The summed E-state index contributed by atoms with van der Waals surface area (Å²) in [6.07, 6.45) is 0.927. The van der Waals surface area contributed by atoms with E-state index in [0.717, 1.165) is 30.0 Å². The molecule has 1 amide bonds. The first-order valence-corrected chi connectivity index (χ1v) is 9.01. The lowest BCUT2D eigenvalue weighted by molar-refractivity contribution is -0.0498. The van der Waals surface area contributed by atoms with Crippen molar-refractivity contribution >= 4 is 17.2 Å². The Morgan fingerprint density at radius 2 is 2.04 bits per heavy atom. The van der Waals surface area contributed by atoms with E-state index < -0.39 is 6.61 Å². The summed E-state index contributed by atoms with van der Waals surface area (Å²) in [7, 11) is 0. The van der Waals surface area contributed by atoms with E-state index in [-0.39, 0.29) is 17.7 Å². The molecule has 3 rings (SSSR count). The number of nitrogens with one attached hydrogen (secondary N) is 2. The molecule has 2 heterocycles. The highest BCUT2D eigenvalue weighted by Crippen LogP contribution is 2.30. The van der Waals surface area contributed by atoms with E-state index in [1.165, 1.54) is 23.5 Å². The molecule has 4 nitrogen and oxygen atoms in total. The van der Waals surface area contributed by atoms with E-state index in [1.54, 1.807) is 18.2 Å². The van der Waals surface area contributed by atoms with Crippen molar-refractivity contribution in [1.82, 2.24) is 10.6 Å². The van der Waals surface area contributed by atoms with Gasteiger partial charge in [0, 0.05) is 10.9 Å². The van der Waals surface area contributed by atoms with Crippen LogP contribution in [0, 0.1) is 5.92 Å². The van der Waals surface area contributed by atoms with Crippen LogP contribution in [-0.2, 0) is 0 Å². The summed E-state index contributed by atoms with van der Waals surface area (Å²) < 4.78 is 28.7. The van der Waals surface area contributed by atoms with E-state index in [2.05, 4.69) is 22.3 Å². The van der Waals surface area contributed by atoms with E-state index in [9.17, 15) is 13.6 Å². The van der Waals surface area contributed by atoms with Crippen LogP contribution >= 0.6 is 11.3 Å². The number of benzene rings is 1. The Hall–Kier alpha value is -1.99. The molecular formula is C18H20F2N2O2S. The number of hydrogen-bond acceptors (Lipinski definition) is 4. The Balaban J connectivity index is 1.66. The lowest BCUT2D eigenvalue weighted by atomic mass is 9.95. The molecule has 0 spiro atoms. The summed E-state index contributed by atoms with van der Waals surface area (Å²) in [5.41, 5.74) is 0.862. The fraction of sp³-hybridized carbons (Fsp3) is 0.389. The van der Waals surface area contributed by atoms with Crippen LogP contribution < -0.4 is 15.4 Å². The molecule has 7 heteroatoms. The first kappa shape index (κ1) is 17.8. The van der Waals surface area contributed by atoms with Gasteiger partial charge in [0.2, 0.25) is 0 Å². The summed E-state index contributed by atoms with van der Waals surface area (Å²) in [5.74, 6) is 0.459. The standard InChI is InChI=1S/C18H20F2N2O2S/c1-11-10-21-9-8-14(11)22-17(23)16-7-6-15(25-16)12-2-4-13(5-3-12)24-18(19)20/h2-7,11,14,18,21H,8-10H2,1H3,(H,22,23). The van der Waals surface area contributed by atoms with Crippen LogP contribution in [0.1, 0.15) is 23.0 Å². The number of piperidine rings is 1. The third-order valence-corrected chi connectivity index (χ3v) is 5.43. The van der Waals surface area contributed by atoms with Crippen molar-refractivity contribution in [3.05, 3.63) is 41.3 Å². The number of carbonyl (C=O) groups is 1. The molecule has 2 aromatic rings. The molecule has 2 atom stereocenters. The van der Waals surface area contributed by atoms with Gasteiger partial charge in [-0.2, -0.15) is 8.78 Å². The lowest BCUT2D eigenvalue weighted by Gasteiger charge is -2.30. The van der Waals surface area contributed by atoms with Crippen LogP contribution in [0.3, 0.4) is 0 Å². The van der Waals surface area contributed by atoms with Gasteiger partial charge in [0.05, 0.1) is 4.88 Å². The van der Waals surface area contributed by atoms with Crippen molar-refractivity contribution in [1.29, 1.82) is 0 Å². The smallest absolute Gasteiger partial charge is 0.387 e. The summed E-state index contributed by atoms with van der Waals surface area (Å²) in [5, 5.41) is 6.42. The largest absolute Gasteiger partial charge is 0.435 e. The maximum atomic E-state index is 12.5.